The van der Waals surface area contributed by atoms with Gasteiger partial charge in [-0.2, -0.15) is 0 Å². The molecule has 1 heterocycles. The minimum Gasteiger partial charge on any atom is -0.314 e. The molecule has 2 rings (SSSR count). The molecular formula is C14H20F2N2. The van der Waals surface area contributed by atoms with Crippen molar-refractivity contribution >= 4 is 0 Å². The lowest BCUT2D eigenvalue weighted by molar-refractivity contribution is 0.149. The fourth-order valence-corrected chi connectivity index (χ4v) is 2.31. The van der Waals surface area contributed by atoms with E-state index in [9.17, 15) is 8.78 Å². The Balaban J connectivity index is 1.84. The van der Waals surface area contributed by atoms with Gasteiger partial charge in [0, 0.05) is 39.1 Å². The zero-order valence-corrected chi connectivity index (χ0v) is 10.5. The number of rotatable bonds is 5. The van der Waals surface area contributed by atoms with Crippen LogP contribution >= 0.6 is 0 Å². The highest BCUT2D eigenvalue weighted by molar-refractivity contribution is 5.24. The topological polar surface area (TPSA) is 15.3 Å². The predicted octanol–water partition coefficient (Wildman–Crippen LogP) is 1.94. The van der Waals surface area contributed by atoms with Crippen molar-refractivity contribution in [2.45, 2.75) is 19.3 Å². The summed E-state index contributed by atoms with van der Waals surface area (Å²) in [7, 11) is 0. The third kappa shape index (κ3) is 4.35. The number of piperazine rings is 1. The molecule has 0 saturated carbocycles. The Morgan fingerprint density at radius 3 is 2.61 bits per heavy atom. The molecule has 1 aliphatic rings. The molecule has 100 valence electrons. The van der Waals surface area contributed by atoms with E-state index in [4.69, 9.17) is 0 Å². The summed E-state index contributed by atoms with van der Waals surface area (Å²) in [4.78, 5) is 2.41. The van der Waals surface area contributed by atoms with E-state index in [2.05, 4.69) is 10.2 Å². The largest absolute Gasteiger partial charge is 0.314 e. The van der Waals surface area contributed by atoms with Gasteiger partial charge in [0.1, 0.15) is 0 Å². The van der Waals surface area contributed by atoms with Gasteiger partial charge in [-0.05, 0) is 17.5 Å². The van der Waals surface area contributed by atoms with Crippen LogP contribution in [0.3, 0.4) is 0 Å². The third-order valence-corrected chi connectivity index (χ3v) is 3.31. The van der Waals surface area contributed by atoms with Gasteiger partial charge < -0.3 is 10.2 Å². The van der Waals surface area contributed by atoms with E-state index in [0.717, 1.165) is 50.3 Å². The number of hydrogen-bond acceptors (Lipinski definition) is 2. The fraction of sp³-hybridized carbons (Fsp3) is 0.571. The van der Waals surface area contributed by atoms with Gasteiger partial charge in [-0.15, -0.1) is 0 Å². The lowest BCUT2D eigenvalue weighted by atomic mass is 10.1. The molecule has 0 spiro atoms. The smallest absolute Gasteiger partial charge is 0.242 e. The summed E-state index contributed by atoms with van der Waals surface area (Å²) >= 11 is 0. The van der Waals surface area contributed by atoms with Crippen LogP contribution in [0.5, 0.6) is 0 Å². The first-order chi connectivity index (χ1) is 8.74. The minimum absolute atomic E-state index is 0.137. The van der Waals surface area contributed by atoms with E-state index < -0.39 is 6.43 Å². The molecule has 0 aromatic heterocycles. The van der Waals surface area contributed by atoms with Gasteiger partial charge in [-0.25, -0.2) is 8.78 Å². The van der Waals surface area contributed by atoms with Crippen molar-refractivity contribution in [2.24, 2.45) is 0 Å². The molecule has 2 nitrogen and oxygen atoms in total. The maximum absolute atomic E-state index is 12.3. The molecule has 0 radical (unpaired) electrons. The van der Waals surface area contributed by atoms with Crippen molar-refractivity contribution in [3.05, 3.63) is 35.4 Å². The lowest BCUT2D eigenvalue weighted by Crippen LogP contribution is -2.44. The van der Waals surface area contributed by atoms with E-state index >= 15 is 0 Å². The summed E-state index contributed by atoms with van der Waals surface area (Å²) in [5.74, 6) is 0. The van der Waals surface area contributed by atoms with Crippen LogP contribution in [0.15, 0.2) is 24.3 Å². The molecule has 1 aromatic rings. The fourth-order valence-electron chi connectivity index (χ4n) is 2.31. The first-order valence-electron chi connectivity index (χ1n) is 6.53. The van der Waals surface area contributed by atoms with Gasteiger partial charge in [-0.3, -0.25) is 0 Å². The summed E-state index contributed by atoms with van der Waals surface area (Å²) in [6, 6.07) is 7.59. The molecule has 1 fully saturated rings. The van der Waals surface area contributed by atoms with Crippen LogP contribution in [0.25, 0.3) is 0 Å². The van der Waals surface area contributed by atoms with Gasteiger partial charge >= 0.3 is 0 Å². The van der Waals surface area contributed by atoms with Gasteiger partial charge in [0.15, 0.2) is 0 Å². The first-order valence-corrected chi connectivity index (χ1v) is 6.53. The second kappa shape index (κ2) is 6.81. The second-order valence-corrected chi connectivity index (χ2v) is 4.76. The van der Waals surface area contributed by atoms with Gasteiger partial charge in [0.25, 0.3) is 0 Å². The molecule has 0 amide bonds. The average molecular weight is 254 g/mol. The molecule has 0 bridgehead atoms. The van der Waals surface area contributed by atoms with Crippen molar-refractivity contribution in [3.8, 4) is 0 Å². The molecule has 18 heavy (non-hydrogen) atoms. The molecule has 0 aliphatic carbocycles. The third-order valence-electron chi connectivity index (χ3n) is 3.31. The maximum atomic E-state index is 12.3. The van der Waals surface area contributed by atoms with Crippen molar-refractivity contribution in [2.75, 3.05) is 32.7 Å². The first kappa shape index (κ1) is 13.4. The SMILES string of the molecule is FC(F)Cc1cccc(CCN2CCNCC2)c1. The Morgan fingerprint density at radius 2 is 1.89 bits per heavy atom. The molecule has 1 aliphatic heterocycles. The normalized spacial score (nSPS) is 17.3. The predicted molar refractivity (Wildman–Crippen MR) is 69.2 cm³/mol. The van der Waals surface area contributed by atoms with E-state index in [1.54, 1.807) is 6.07 Å². The van der Waals surface area contributed by atoms with Crippen LogP contribution < -0.4 is 5.32 Å². The van der Waals surface area contributed by atoms with E-state index in [1.807, 2.05) is 18.2 Å². The van der Waals surface area contributed by atoms with E-state index in [1.165, 1.54) is 0 Å². The van der Waals surface area contributed by atoms with Crippen molar-refractivity contribution in [3.63, 3.8) is 0 Å². The zero-order chi connectivity index (χ0) is 12.8. The van der Waals surface area contributed by atoms with Crippen LogP contribution in [0, 0.1) is 0 Å². The van der Waals surface area contributed by atoms with Crippen molar-refractivity contribution < 1.29 is 8.78 Å². The van der Waals surface area contributed by atoms with Crippen LogP contribution in [-0.4, -0.2) is 44.0 Å². The molecule has 4 heteroatoms. The Bertz CT molecular complexity index is 363. The van der Waals surface area contributed by atoms with Crippen LogP contribution in [-0.2, 0) is 12.8 Å². The van der Waals surface area contributed by atoms with Gasteiger partial charge in [-0.1, -0.05) is 24.3 Å². The molecule has 0 unspecified atom stereocenters. The molecule has 1 aromatic carbocycles. The number of hydrogen-bond donors (Lipinski definition) is 1. The highest BCUT2D eigenvalue weighted by atomic mass is 19.3. The summed E-state index contributed by atoms with van der Waals surface area (Å²) in [6.07, 6.45) is -1.45. The molecule has 0 atom stereocenters. The highest BCUT2D eigenvalue weighted by Gasteiger charge is 2.09. The number of benzene rings is 1. The number of nitrogens with zero attached hydrogens (tertiary/aromatic N) is 1. The van der Waals surface area contributed by atoms with Gasteiger partial charge in [0.2, 0.25) is 6.43 Å². The van der Waals surface area contributed by atoms with Crippen LogP contribution in [0.4, 0.5) is 8.78 Å². The standard InChI is InChI=1S/C14H20F2N2/c15-14(16)11-13-3-1-2-12(10-13)4-7-18-8-5-17-6-9-18/h1-3,10,14,17H,4-9,11H2. The number of halogens is 2. The zero-order valence-electron chi connectivity index (χ0n) is 10.5. The van der Waals surface area contributed by atoms with E-state index in [-0.39, 0.29) is 6.42 Å². The van der Waals surface area contributed by atoms with Crippen LogP contribution in [0.2, 0.25) is 0 Å². The Hall–Kier alpha value is -1.00. The molecule has 1 N–H and O–H groups in total. The monoisotopic (exact) mass is 254 g/mol. The lowest BCUT2D eigenvalue weighted by Gasteiger charge is -2.27. The van der Waals surface area contributed by atoms with Crippen molar-refractivity contribution in [1.82, 2.24) is 10.2 Å². The van der Waals surface area contributed by atoms with Crippen LogP contribution in [0.1, 0.15) is 11.1 Å². The summed E-state index contributed by atoms with van der Waals surface area (Å²) in [5, 5.41) is 3.32. The Kier molecular flexibility index (Phi) is 5.08. The molecule has 1 saturated heterocycles. The summed E-state index contributed by atoms with van der Waals surface area (Å²) in [5.41, 5.74) is 1.90. The summed E-state index contributed by atoms with van der Waals surface area (Å²) < 4.78 is 24.6. The van der Waals surface area contributed by atoms with Crippen molar-refractivity contribution in [1.29, 1.82) is 0 Å². The highest BCUT2D eigenvalue weighted by Crippen LogP contribution is 2.11. The quantitative estimate of drug-likeness (QED) is 0.864. The molecular weight excluding hydrogens is 234 g/mol. The Morgan fingerprint density at radius 1 is 1.17 bits per heavy atom. The second-order valence-electron chi connectivity index (χ2n) is 4.76. The van der Waals surface area contributed by atoms with E-state index in [0.29, 0.717) is 0 Å². The summed E-state index contributed by atoms with van der Waals surface area (Å²) in [6.45, 7) is 5.27. The average Bonchev–Trinajstić information content (AvgIpc) is 2.37. The van der Waals surface area contributed by atoms with Gasteiger partial charge in [0.05, 0.1) is 0 Å². The Labute approximate surface area is 107 Å². The maximum Gasteiger partial charge on any atom is 0.242 e. The number of nitrogens with one attached hydrogen (secondary N) is 1. The number of alkyl halides is 2. The minimum atomic E-state index is -2.26.